The quantitative estimate of drug-likeness (QED) is 0.606. The Morgan fingerprint density at radius 1 is 1.33 bits per heavy atom. The third-order valence-electron chi connectivity index (χ3n) is 3.25. The summed E-state index contributed by atoms with van der Waals surface area (Å²) in [6, 6.07) is 0. The third kappa shape index (κ3) is 2.20. The van der Waals surface area contributed by atoms with Gasteiger partial charge in [0.25, 0.3) is 0 Å². The van der Waals surface area contributed by atoms with Crippen LogP contribution in [0.25, 0.3) is 0 Å². The van der Waals surface area contributed by atoms with E-state index in [2.05, 4.69) is 5.32 Å². The number of nitrogens with two attached hydrogens (primary N) is 1. The minimum Gasteiger partial charge on any atom is -0.324 e. The van der Waals surface area contributed by atoms with Crippen LogP contribution in [-0.2, 0) is 0 Å². The van der Waals surface area contributed by atoms with E-state index in [1.807, 2.05) is 0 Å². The third-order valence-corrected chi connectivity index (χ3v) is 3.25. The maximum absolute atomic E-state index is 6.07. The Balaban J connectivity index is 1.49. The van der Waals surface area contributed by atoms with E-state index < -0.39 is 0 Å². The number of rotatable bonds is 5. The molecule has 0 spiro atoms. The first kappa shape index (κ1) is 8.52. The van der Waals surface area contributed by atoms with Gasteiger partial charge in [-0.3, -0.25) is 0 Å². The SMILES string of the molecule is NC1(CNCCC2CC2)CCC1. The molecule has 2 nitrogen and oxygen atoms in total. The molecule has 2 aliphatic rings. The zero-order chi connectivity index (χ0) is 8.44. The molecule has 0 unspecified atom stereocenters. The van der Waals surface area contributed by atoms with Crippen molar-refractivity contribution in [3.8, 4) is 0 Å². The number of nitrogens with one attached hydrogen (secondary N) is 1. The van der Waals surface area contributed by atoms with Crippen LogP contribution in [-0.4, -0.2) is 18.6 Å². The van der Waals surface area contributed by atoms with E-state index in [0.29, 0.717) is 0 Å². The van der Waals surface area contributed by atoms with Crippen LogP contribution in [0.5, 0.6) is 0 Å². The lowest BCUT2D eigenvalue weighted by molar-refractivity contribution is 0.239. The van der Waals surface area contributed by atoms with Gasteiger partial charge in [0, 0.05) is 12.1 Å². The highest BCUT2D eigenvalue weighted by Gasteiger charge is 2.31. The van der Waals surface area contributed by atoms with Crippen LogP contribution in [0.1, 0.15) is 38.5 Å². The van der Waals surface area contributed by atoms with Gasteiger partial charge in [-0.25, -0.2) is 0 Å². The summed E-state index contributed by atoms with van der Waals surface area (Å²) in [5.41, 5.74) is 6.24. The Bertz CT molecular complexity index is 148. The summed E-state index contributed by atoms with van der Waals surface area (Å²) in [7, 11) is 0. The second-order valence-corrected chi connectivity index (χ2v) is 4.62. The van der Waals surface area contributed by atoms with Crippen LogP contribution in [0.15, 0.2) is 0 Å². The number of hydrogen-bond acceptors (Lipinski definition) is 2. The fourth-order valence-corrected chi connectivity index (χ4v) is 1.86. The first-order chi connectivity index (χ1) is 5.79. The number of hydrogen-bond donors (Lipinski definition) is 2. The molecule has 2 heteroatoms. The van der Waals surface area contributed by atoms with Gasteiger partial charge in [-0.05, 0) is 38.1 Å². The predicted molar refractivity (Wildman–Crippen MR) is 51.0 cm³/mol. The van der Waals surface area contributed by atoms with Crippen LogP contribution in [0.4, 0.5) is 0 Å². The average Bonchev–Trinajstić information content (AvgIpc) is 2.78. The molecular formula is C10H20N2. The van der Waals surface area contributed by atoms with Crippen molar-refractivity contribution in [2.45, 2.75) is 44.1 Å². The highest BCUT2D eigenvalue weighted by atomic mass is 14.9. The van der Waals surface area contributed by atoms with Crippen molar-refractivity contribution < 1.29 is 0 Å². The van der Waals surface area contributed by atoms with Crippen molar-refractivity contribution in [2.24, 2.45) is 11.7 Å². The summed E-state index contributed by atoms with van der Waals surface area (Å²) in [6.45, 7) is 2.23. The smallest absolute Gasteiger partial charge is 0.0280 e. The van der Waals surface area contributed by atoms with Gasteiger partial charge in [0.05, 0.1) is 0 Å². The molecule has 3 N–H and O–H groups in total. The fraction of sp³-hybridized carbons (Fsp3) is 1.00. The van der Waals surface area contributed by atoms with E-state index in [-0.39, 0.29) is 5.54 Å². The zero-order valence-electron chi connectivity index (χ0n) is 7.81. The molecule has 0 bridgehead atoms. The lowest BCUT2D eigenvalue weighted by Crippen LogP contribution is -2.54. The van der Waals surface area contributed by atoms with Gasteiger partial charge in [0.2, 0.25) is 0 Å². The molecule has 0 aliphatic heterocycles. The van der Waals surface area contributed by atoms with Crippen LogP contribution < -0.4 is 11.1 Å². The van der Waals surface area contributed by atoms with Gasteiger partial charge in [0.15, 0.2) is 0 Å². The minimum absolute atomic E-state index is 0.170. The minimum atomic E-state index is 0.170. The Morgan fingerprint density at radius 3 is 2.58 bits per heavy atom. The lowest BCUT2D eigenvalue weighted by Gasteiger charge is -2.38. The van der Waals surface area contributed by atoms with Crippen LogP contribution >= 0.6 is 0 Å². The monoisotopic (exact) mass is 168 g/mol. The maximum Gasteiger partial charge on any atom is 0.0280 e. The molecule has 2 rings (SSSR count). The highest BCUT2D eigenvalue weighted by molar-refractivity contribution is 4.94. The Kier molecular flexibility index (Phi) is 2.37. The largest absolute Gasteiger partial charge is 0.324 e. The van der Waals surface area contributed by atoms with Crippen molar-refractivity contribution in [3.63, 3.8) is 0 Å². The molecule has 0 aromatic heterocycles. The van der Waals surface area contributed by atoms with Crippen molar-refractivity contribution in [3.05, 3.63) is 0 Å². The molecule has 2 fully saturated rings. The van der Waals surface area contributed by atoms with Crippen molar-refractivity contribution in [2.75, 3.05) is 13.1 Å². The van der Waals surface area contributed by atoms with Crippen molar-refractivity contribution in [1.82, 2.24) is 5.32 Å². The standard InChI is InChI=1S/C10H20N2/c11-10(5-1-6-10)8-12-7-4-9-2-3-9/h9,12H,1-8,11H2. The van der Waals surface area contributed by atoms with Gasteiger partial charge < -0.3 is 11.1 Å². The predicted octanol–water partition coefficient (Wildman–Crippen LogP) is 1.26. The van der Waals surface area contributed by atoms with Gasteiger partial charge in [-0.15, -0.1) is 0 Å². The van der Waals surface area contributed by atoms with Gasteiger partial charge in [0.1, 0.15) is 0 Å². The summed E-state index contributed by atoms with van der Waals surface area (Å²) in [4.78, 5) is 0. The molecule has 0 radical (unpaired) electrons. The Morgan fingerprint density at radius 2 is 2.08 bits per heavy atom. The van der Waals surface area contributed by atoms with Gasteiger partial charge in [-0.1, -0.05) is 12.8 Å². The molecule has 70 valence electrons. The first-order valence-corrected chi connectivity index (χ1v) is 5.28. The van der Waals surface area contributed by atoms with Crippen LogP contribution in [0.3, 0.4) is 0 Å². The Hall–Kier alpha value is -0.0800. The van der Waals surface area contributed by atoms with Gasteiger partial charge in [-0.2, -0.15) is 0 Å². The summed E-state index contributed by atoms with van der Waals surface area (Å²) in [6.07, 6.45) is 8.09. The molecular weight excluding hydrogens is 148 g/mol. The van der Waals surface area contributed by atoms with Crippen LogP contribution in [0.2, 0.25) is 0 Å². The maximum atomic E-state index is 6.07. The fourth-order valence-electron chi connectivity index (χ4n) is 1.86. The normalized spacial score (nSPS) is 26.8. The summed E-state index contributed by atoms with van der Waals surface area (Å²) in [5.74, 6) is 1.05. The van der Waals surface area contributed by atoms with E-state index in [1.54, 1.807) is 0 Å². The second-order valence-electron chi connectivity index (χ2n) is 4.62. The average molecular weight is 168 g/mol. The molecule has 2 aliphatic carbocycles. The van der Waals surface area contributed by atoms with E-state index in [4.69, 9.17) is 5.73 Å². The van der Waals surface area contributed by atoms with Crippen LogP contribution in [0, 0.1) is 5.92 Å². The second kappa shape index (κ2) is 3.35. The van der Waals surface area contributed by atoms with E-state index in [1.165, 1.54) is 45.1 Å². The zero-order valence-corrected chi connectivity index (χ0v) is 7.81. The molecule has 0 atom stereocenters. The molecule has 0 heterocycles. The summed E-state index contributed by atoms with van der Waals surface area (Å²) < 4.78 is 0. The molecule has 2 saturated carbocycles. The van der Waals surface area contributed by atoms with E-state index >= 15 is 0 Å². The van der Waals surface area contributed by atoms with E-state index in [9.17, 15) is 0 Å². The molecule has 0 amide bonds. The highest BCUT2D eigenvalue weighted by Crippen LogP contribution is 2.32. The topological polar surface area (TPSA) is 38.0 Å². The van der Waals surface area contributed by atoms with Crippen molar-refractivity contribution >= 4 is 0 Å². The molecule has 0 aromatic carbocycles. The molecule has 0 aromatic rings. The lowest BCUT2D eigenvalue weighted by atomic mass is 9.78. The molecule has 0 saturated heterocycles. The summed E-state index contributed by atoms with van der Waals surface area (Å²) >= 11 is 0. The Labute approximate surface area is 74.9 Å². The van der Waals surface area contributed by atoms with Gasteiger partial charge >= 0.3 is 0 Å². The molecule has 12 heavy (non-hydrogen) atoms. The van der Waals surface area contributed by atoms with Crippen molar-refractivity contribution in [1.29, 1.82) is 0 Å². The van der Waals surface area contributed by atoms with E-state index in [0.717, 1.165) is 12.5 Å². The first-order valence-electron chi connectivity index (χ1n) is 5.28. The summed E-state index contributed by atoms with van der Waals surface area (Å²) in [5, 5.41) is 3.47.